The van der Waals surface area contributed by atoms with Crippen LogP contribution in [0.5, 0.6) is 0 Å². The lowest BCUT2D eigenvalue weighted by Gasteiger charge is -2.57. The van der Waals surface area contributed by atoms with Gasteiger partial charge in [0.25, 0.3) is 0 Å². The van der Waals surface area contributed by atoms with Gasteiger partial charge in [0.2, 0.25) is 10.0 Å². The van der Waals surface area contributed by atoms with E-state index in [1.54, 1.807) is 0 Å². The van der Waals surface area contributed by atoms with Crippen molar-refractivity contribution in [3.63, 3.8) is 0 Å². The maximum absolute atomic E-state index is 13.7. The Morgan fingerprint density at radius 1 is 0.975 bits per heavy atom. The third kappa shape index (κ3) is 5.18. The first-order chi connectivity index (χ1) is 18.9. The van der Waals surface area contributed by atoms with Crippen LogP contribution in [0.4, 0.5) is 17.6 Å². The molecule has 3 aromatic rings. The molecule has 2 aliphatic rings. The van der Waals surface area contributed by atoms with Crippen molar-refractivity contribution >= 4 is 10.0 Å². The second kappa shape index (κ2) is 10.9. The molecule has 3 atom stereocenters. The quantitative estimate of drug-likeness (QED) is 0.394. The first-order valence-electron chi connectivity index (χ1n) is 13.3. The summed E-state index contributed by atoms with van der Waals surface area (Å²) in [5, 5.41) is 10.2. The van der Waals surface area contributed by atoms with Gasteiger partial charge in [-0.3, -0.25) is 4.90 Å². The number of aryl methyl sites for hydroxylation is 1. The van der Waals surface area contributed by atoms with Crippen molar-refractivity contribution in [3.8, 4) is 11.1 Å². The van der Waals surface area contributed by atoms with E-state index in [2.05, 4.69) is 30.9 Å². The number of halogens is 4. The Bertz CT molecular complexity index is 1490. The number of aliphatic hydroxyl groups is 1. The number of sulfonamides is 1. The van der Waals surface area contributed by atoms with Crippen molar-refractivity contribution in [3.05, 3.63) is 88.7 Å². The smallest absolute Gasteiger partial charge is 0.395 e. The zero-order chi connectivity index (χ0) is 28.8. The van der Waals surface area contributed by atoms with Crippen LogP contribution in [0.1, 0.15) is 41.0 Å². The van der Waals surface area contributed by atoms with Gasteiger partial charge in [0, 0.05) is 31.1 Å². The van der Waals surface area contributed by atoms with Crippen LogP contribution in [-0.4, -0.2) is 61.1 Å². The molecule has 0 saturated carbocycles. The Labute approximate surface area is 232 Å². The van der Waals surface area contributed by atoms with Crippen molar-refractivity contribution in [1.29, 1.82) is 0 Å². The predicted molar refractivity (Wildman–Crippen MR) is 145 cm³/mol. The van der Waals surface area contributed by atoms with Gasteiger partial charge in [-0.1, -0.05) is 42.5 Å². The average molecular weight is 577 g/mol. The Kier molecular flexibility index (Phi) is 7.82. The van der Waals surface area contributed by atoms with Gasteiger partial charge in [0.15, 0.2) is 0 Å². The first-order valence-corrected chi connectivity index (χ1v) is 14.8. The number of fused-ring (bicyclic) bond motifs is 1. The van der Waals surface area contributed by atoms with Crippen LogP contribution in [0, 0.1) is 19.7 Å². The van der Waals surface area contributed by atoms with Gasteiger partial charge in [-0.2, -0.15) is 17.5 Å². The lowest BCUT2D eigenvalue weighted by molar-refractivity contribution is -0.140. The molecule has 2 saturated heterocycles. The fourth-order valence-corrected chi connectivity index (χ4v) is 7.85. The number of aliphatic hydroxyl groups excluding tert-OH is 1. The summed E-state index contributed by atoms with van der Waals surface area (Å²) in [4.78, 5) is 1.11. The fourth-order valence-electron chi connectivity index (χ4n) is 6.16. The average Bonchev–Trinajstić information content (AvgIpc) is 2.89. The minimum atomic E-state index is -5.03. The van der Waals surface area contributed by atoms with E-state index in [9.17, 15) is 31.1 Å². The summed E-state index contributed by atoms with van der Waals surface area (Å²) in [6, 6.07) is 15.2. The Hall–Kier alpha value is -2.79. The molecular formula is C30H32F4N2O3S. The van der Waals surface area contributed by atoms with Crippen LogP contribution in [0.2, 0.25) is 0 Å². The van der Waals surface area contributed by atoms with Gasteiger partial charge in [-0.15, -0.1) is 0 Å². The SMILES string of the molecule is Cc1cccc(-c2ccc([C@@H]3C(CO)N4CCCCN(S(=O)(=O)c5ccc(F)cc5C(F)(F)F)C[C@@H]34)cc2)c1C. The molecule has 1 unspecified atom stereocenters. The van der Waals surface area contributed by atoms with Gasteiger partial charge in [0.05, 0.1) is 17.1 Å². The Morgan fingerprint density at radius 3 is 2.35 bits per heavy atom. The van der Waals surface area contributed by atoms with Gasteiger partial charge in [-0.05, 0) is 79.3 Å². The molecule has 0 amide bonds. The number of hydrogen-bond donors (Lipinski definition) is 1. The largest absolute Gasteiger partial charge is 0.417 e. The molecule has 1 N–H and O–H groups in total. The van der Waals surface area contributed by atoms with Crippen LogP contribution in [0.3, 0.4) is 0 Å². The number of hydrogen-bond acceptors (Lipinski definition) is 4. The first kappa shape index (κ1) is 28.7. The zero-order valence-corrected chi connectivity index (χ0v) is 23.1. The van der Waals surface area contributed by atoms with Gasteiger partial charge in [0.1, 0.15) is 5.82 Å². The Balaban J connectivity index is 1.47. The van der Waals surface area contributed by atoms with E-state index in [1.165, 1.54) is 11.1 Å². The van der Waals surface area contributed by atoms with E-state index in [-0.39, 0.29) is 43.8 Å². The highest BCUT2D eigenvalue weighted by Crippen LogP contribution is 2.44. The summed E-state index contributed by atoms with van der Waals surface area (Å²) in [6.07, 6.45) is -3.94. The van der Waals surface area contributed by atoms with E-state index >= 15 is 0 Å². The van der Waals surface area contributed by atoms with Crippen molar-refractivity contribution in [1.82, 2.24) is 9.21 Å². The topological polar surface area (TPSA) is 60.9 Å². The molecule has 10 heteroatoms. The number of nitrogens with zero attached hydrogens (tertiary/aromatic N) is 2. The molecule has 2 aliphatic heterocycles. The van der Waals surface area contributed by atoms with E-state index in [4.69, 9.17) is 0 Å². The lowest BCUT2D eigenvalue weighted by Crippen LogP contribution is -2.67. The molecule has 0 bridgehead atoms. The van der Waals surface area contributed by atoms with Crippen LogP contribution < -0.4 is 0 Å². The van der Waals surface area contributed by atoms with Gasteiger partial charge >= 0.3 is 6.18 Å². The van der Waals surface area contributed by atoms with Crippen LogP contribution in [0.15, 0.2) is 65.6 Å². The minimum Gasteiger partial charge on any atom is -0.395 e. The molecule has 0 radical (unpaired) electrons. The summed E-state index contributed by atoms with van der Waals surface area (Å²) in [6.45, 7) is 4.69. The number of rotatable bonds is 5. The molecule has 2 heterocycles. The maximum atomic E-state index is 13.7. The zero-order valence-electron chi connectivity index (χ0n) is 22.3. The van der Waals surface area contributed by atoms with Crippen molar-refractivity contribution < 1.29 is 31.1 Å². The Morgan fingerprint density at radius 2 is 1.68 bits per heavy atom. The van der Waals surface area contributed by atoms with E-state index in [0.717, 1.165) is 27.1 Å². The second-order valence-electron chi connectivity index (χ2n) is 10.7. The van der Waals surface area contributed by atoms with Crippen molar-refractivity contribution in [2.45, 2.75) is 55.8 Å². The highest BCUT2D eigenvalue weighted by molar-refractivity contribution is 7.89. The molecule has 5 rings (SSSR count). The van der Waals surface area contributed by atoms with Crippen molar-refractivity contribution in [2.24, 2.45) is 0 Å². The van der Waals surface area contributed by atoms with Crippen LogP contribution in [-0.2, 0) is 16.2 Å². The molecular weight excluding hydrogens is 544 g/mol. The summed E-state index contributed by atoms with van der Waals surface area (Å²) in [5.41, 5.74) is 3.94. The third-order valence-electron chi connectivity index (χ3n) is 8.41. The molecule has 40 heavy (non-hydrogen) atoms. The molecule has 0 aromatic heterocycles. The standard InChI is InChI=1S/C30H32F4N2O3S/c1-19-6-5-7-24(20(19)2)21-8-10-22(11-9-21)29-26-17-35(14-3-4-15-36(26)27(29)18-37)40(38,39)28-13-12-23(31)16-25(28)30(32,33)34/h5-13,16,26-27,29,37H,3-4,14-15,17-18H2,1-2H3/t26-,27?,29-/m0/s1. The lowest BCUT2D eigenvalue weighted by atomic mass is 9.74. The number of alkyl halides is 3. The molecule has 0 aliphatic carbocycles. The predicted octanol–water partition coefficient (Wildman–Crippen LogP) is 5.74. The summed E-state index contributed by atoms with van der Waals surface area (Å²) >= 11 is 0. The molecule has 5 nitrogen and oxygen atoms in total. The number of benzene rings is 3. The summed E-state index contributed by atoms with van der Waals surface area (Å²) in [5.74, 6) is -1.36. The van der Waals surface area contributed by atoms with Crippen LogP contribution in [0.25, 0.3) is 11.1 Å². The maximum Gasteiger partial charge on any atom is 0.417 e. The molecule has 214 valence electrons. The van der Waals surface area contributed by atoms with E-state index in [0.29, 0.717) is 25.5 Å². The molecule has 2 fully saturated rings. The van der Waals surface area contributed by atoms with Gasteiger partial charge < -0.3 is 5.11 Å². The van der Waals surface area contributed by atoms with E-state index in [1.807, 2.05) is 30.3 Å². The fraction of sp³-hybridized carbons (Fsp3) is 0.400. The highest BCUT2D eigenvalue weighted by atomic mass is 32.2. The van der Waals surface area contributed by atoms with Crippen LogP contribution >= 0.6 is 0 Å². The second-order valence-corrected chi connectivity index (χ2v) is 12.6. The van der Waals surface area contributed by atoms with Crippen molar-refractivity contribution in [2.75, 3.05) is 26.2 Å². The van der Waals surface area contributed by atoms with Gasteiger partial charge in [-0.25, -0.2) is 12.8 Å². The summed E-state index contributed by atoms with van der Waals surface area (Å²) in [7, 11) is -4.58. The normalized spacial score (nSPS) is 22.7. The molecule has 0 spiro atoms. The highest BCUT2D eigenvalue weighted by Gasteiger charge is 2.51. The monoisotopic (exact) mass is 576 g/mol. The molecule has 3 aromatic carbocycles. The minimum absolute atomic E-state index is 0.0308. The van der Waals surface area contributed by atoms with E-state index < -0.39 is 32.5 Å². The third-order valence-corrected chi connectivity index (χ3v) is 10.3. The summed E-state index contributed by atoms with van der Waals surface area (Å²) < 4.78 is 83.2.